The molecule has 0 saturated heterocycles. The van der Waals surface area contributed by atoms with Crippen molar-refractivity contribution in [1.82, 2.24) is 0 Å². The van der Waals surface area contributed by atoms with Crippen molar-refractivity contribution < 1.29 is 4.79 Å². The van der Waals surface area contributed by atoms with E-state index in [1.54, 1.807) is 13.0 Å². The molecule has 48 valence electrons. The predicted octanol–water partition coefficient (Wildman–Crippen LogP) is 0.478. The second-order valence-electron chi connectivity index (χ2n) is 1.51. The third-order valence-electron chi connectivity index (χ3n) is 0.899. The molecule has 2 N–H and O–H groups in total. The van der Waals surface area contributed by atoms with Crippen LogP contribution < -0.4 is 5.73 Å². The minimum Gasteiger partial charge on any atom is -0.378 e. The van der Waals surface area contributed by atoms with Gasteiger partial charge >= 0.3 is 0 Å². The lowest BCUT2D eigenvalue weighted by molar-refractivity contribution is -0.113. The van der Waals surface area contributed by atoms with E-state index in [9.17, 15) is 4.79 Å². The Hall–Kier alpha value is -0.770. The highest BCUT2D eigenvalue weighted by atomic mass is 32.2. The largest absolute Gasteiger partial charge is 0.378 e. The van der Waals surface area contributed by atoms with Gasteiger partial charge in [-0.25, -0.2) is 0 Å². The molecule has 1 rings (SSSR count). The summed E-state index contributed by atoms with van der Waals surface area (Å²) >= 11 is 1.21. The summed E-state index contributed by atoms with van der Waals surface area (Å²) in [6.45, 7) is 1.79. The summed E-state index contributed by atoms with van der Waals surface area (Å²) in [5.41, 5.74) is 5.24. The van der Waals surface area contributed by atoms with Gasteiger partial charge in [-0.2, -0.15) is 4.99 Å². The second kappa shape index (κ2) is 2.23. The number of hydrogen-bond donors (Lipinski definition) is 1. The number of allylic oxidation sites excluding steroid dienone is 1. The quantitative estimate of drug-likeness (QED) is 0.500. The van der Waals surface area contributed by atoms with Crippen LogP contribution in [0, 0.1) is 0 Å². The third-order valence-corrected chi connectivity index (χ3v) is 1.83. The minimum atomic E-state index is -0.222. The Kier molecular flexibility index (Phi) is 1.57. The first kappa shape index (κ1) is 6.35. The van der Waals surface area contributed by atoms with E-state index in [1.807, 2.05) is 0 Å². The number of aliphatic imine (C=N–C) groups is 1. The van der Waals surface area contributed by atoms with E-state index < -0.39 is 0 Å². The van der Waals surface area contributed by atoms with E-state index >= 15 is 0 Å². The lowest BCUT2D eigenvalue weighted by Gasteiger charge is -1.84. The first-order valence-corrected chi connectivity index (χ1v) is 3.28. The van der Waals surface area contributed by atoms with Crippen molar-refractivity contribution in [2.24, 2.45) is 10.7 Å². The van der Waals surface area contributed by atoms with Gasteiger partial charge < -0.3 is 5.73 Å². The maximum absolute atomic E-state index is 10.7. The average molecular weight is 142 g/mol. The Bertz CT molecular complexity index is 207. The minimum absolute atomic E-state index is 0.222. The zero-order chi connectivity index (χ0) is 6.85. The molecule has 0 bridgehead atoms. The lowest BCUT2D eigenvalue weighted by Crippen LogP contribution is -2.01. The third kappa shape index (κ3) is 1.13. The molecule has 1 amide bonds. The number of amides is 1. The highest BCUT2D eigenvalue weighted by Gasteiger charge is 2.17. The Morgan fingerprint density at radius 3 is 2.67 bits per heavy atom. The summed E-state index contributed by atoms with van der Waals surface area (Å²) in [5.74, 6) is -0.222. The number of rotatable bonds is 0. The van der Waals surface area contributed by atoms with E-state index in [0.29, 0.717) is 10.1 Å². The molecule has 0 aromatic rings. The monoisotopic (exact) mass is 142 g/mol. The first-order valence-electron chi connectivity index (χ1n) is 2.46. The van der Waals surface area contributed by atoms with Gasteiger partial charge in [0.25, 0.3) is 5.91 Å². The van der Waals surface area contributed by atoms with Gasteiger partial charge in [0.1, 0.15) is 0 Å². The summed E-state index contributed by atoms with van der Waals surface area (Å²) in [4.78, 5) is 14.8. The Morgan fingerprint density at radius 2 is 2.44 bits per heavy atom. The van der Waals surface area contributed by atoms with Crippen LogP contribution in [-0.4, -0.2) is 11.1 Å². The molecule has 0 spiro atoms. The summed E-state index contributed by atoms with van der Waals surface area (Å²) in [6, 6.07) is 0. The molecule has 0 aliphatic carbocycles. The molecule has 3 nitrogen and oxygen atoms in total. The van der Waals surface area contributed by atoms with E-state index in [2.05, 4.69) is 4.99 Å². The van der Waals surface area contributed by atoms with Crippen molar-refractivity contribution in [2.45, 2.75) is 6.92 Å². The molecule has 1 heterocycles. The molecular formula is C5H6N2OS. The average Bonchev–Trinajstić information content (AvgIpc) is 2.10. The fourth-order valence-electron chi connectivity index (χ4n) is 0.517. The molecule has 0 radical (unpaired) electrons. The molecular weight excluding hydrogens is 136 g/mol. The lowest BCUT2D eigenvalue weighted by atomic mass is 10.5. The van der Waals surface area contributed by atoms with Crippen molar-refractivity contribution in [3.05, 3.63) is 11.0 Å². The van der Waals surface area contributed by atoms with E-state index in [4.69, 9.17) is 5.73 Å². The zero-order valence-electron chi connectivity index (χ0n) is 4.92. The van der Waals surface area contributed by atoms with E-state index in [-0.39, 0.29) is 5.91 Å². The summed E-state index contributed by atoms with van der Waals surface area (Å²) in [7, 11) is 0. The fraction of sp³-hybridized carbons (Fsp3) is 0.200. The van der Waals surface area contributed by atoms with Gasteiger partial charge in [-0.3, -0.25) is 4.79 Å². The van der Waals surface area contributed by atoms with Crippen LogP contribution in [0.2, 0.25) is 0 Å². The van der Waals surface area contributed by atoms with Gasteiger partial charge in [-0.15, -0.1) is 0 Å². The van der Waals surface area contributed by atoms with Crippen LogP contribution in [0.5, 0.6) is 0 Å². The van der Waals surface area contributed by atoms with Gasteiger partial charge in [0.15, 0.2) is 5.17 Å². The molecule has 0 fully saturated rings. The normalized spacial score (nSPS) is 23.0. The van der Waals surface area contributed by atoms with Crippen molar-refractivity contribution in [3.8, 4) is 0 Å². The zero-order valence-corrected chi connectivity index (χ0v) is 5.73. The number of carbonyl (C=O) groups excluding carboxylic acids is 1. The predicted molar refractivity (Wildman–Crippen MR) is 38.0 cm³/mol. The van der Waals surface area contributed by atoms with Crippen molar-refractivity contribution >= 4 is 22.8 Å². The van der Waals surface area contributed by atoms with Gasteiger partial charge in [-0.1, -0.05) is 6.08 Å². The number of thioether (sulfide) groups is 1. The standard InChI is InChI=1S/C5H6N2OS/c1-2-3-4(8)7-5(6)9-3/h2H,1H3,(H2,6,7,8)/b3-2+. The van der Waals surface area contributed by atoms with Crippen LogP contribution in [0.15, 0.2) is 16.0 Å². The maximum atomic E-state index is 10.7. The van der Waals surface area contributed by atoms with E-state index in [1.165, 1.54) is 11.8 Å². The van der Waals surface area contributed by atoms with Crippen LogP contribution >= 0.6 is 11.8 Å². The number of amidine groups is 1. The highest BCUT2D eigenvalue weighted by Crippen LogP contribution is 2.22. The highest BCUT2D eigenvalue weighted by molar-refractivity contribution is 8.18. The molecule has 0 saturated carbocycles. The Morgan fingerprint density at radius 1 is 1.78 bits per heavy atom. The number of nitrogens with two attached hydrogens (primary N) is 1. The number of nitrogens with zero attached hydrogens (tertiary/aromatic N) is 1. The topological polar surface area (TPSA) is 55.4 Å². The SMILES string of the molecule is C/C=C1/SC(N)=NC1=O. The van der Waals surface area contributed by atoms with Crippen LogP contribution in [-0.2, 0) is 4.79 Å². The van der Waals surface area contributed by atoms with Gasteiger partial charge in [0.05, 0.1) is 4.91 Å². The number of hydrogen-bond acceptors (Lipinski definition) is 3. The van der Waals surface area contributed by atoms with Crippen molar-refractivity contribution in [3.63, 3.8) is 0 Å². The van der Waals surface area contributed by atoms with Crippen molar-refractivity contribution in [1.29, 1.82) is 0 Å². The first-order chi connectivity index (χ1) is 4.24. The number of carbonyl (C=O) groups is 1. The summed E-state index contributed by atoms with van der Waals surface area (Å²) < 4.78 is 0. The molecule has 1 aliphatic rings. The molecule has 0 unspecified atom stereocenters. The molecule has 0 aromatic carbocycles. The fourth-order valence-corrected chi connectivity index (χ4v) is 1.12. The van der Waals surface area contributed by atoms with Gasteiger partial charge in [0, 0.05) is 0 Å². The Labute approximate surface area is 57.0 Å². The van der Waals surface area contributed by atoms with Crippen LogP contribution in [0.3, 0.4) is 0 Å². The Balaban J connectivity index is 2.84. The maximum Gasteiger partial charge on any atom is 0.285 e. The molecule has 4 heteroatoms. The second-order valence-corrected chi connectivity index (χ2v) is 2.57. The van der Waals surface area contributed by atoms with Gasteiger partial charge in [0.2, 0.25) is 0 Å². The van der Waals surface area contributed by atoms with Gasteiger partial charge in [-0.05, 0) is 18.7 Å². The smallest absolute Gasteiger partial charge is 0.285 e. The van der Waals surface area contributed by atoms with Crippen molar-refractivity contribution in [2.75, 3.05) is 0 Å². The summed E-state index contributed by atoms with van der Waals surface area (Å²) in [6.07, 6.45) is 1.70. The van der Waals surface area contributed by atoms with Crippen LogP contribution in [0.1, 0.15) is 6.92 Å². The molecule has 9 heavy (non-hydrogen) atoms. The van der Waals surface area contributed by atoms with Crippen LogP contribution in [0.4, 0.5) is 0 Å². The summed E-state index contributed by atoms with van der Waals surface area (Å²) in [5, 5.41) is 0.341. The molecule has 0 atom stereocenters. The van der Waals surface area contributed by atoms with Crippen LogP contribution in [0.25, 0.3) is 0 Å². The molecule has 1 aliphatic heterocycles. The molecule has 0 aromatic heterocycles. The van der Waals surface area contributed by atoms with E-state index in [0.717, 1.165) is 0 Å².